The molecule has 1 aliphatic rings. The summed E-state index contributed by atoms with van der Waals surface area (Å²) in [6, 6.07) is 0. The van der Waals surface area contributed by atoms with Crippen LogP contribution in [0, 0.1) is 5.41 Å². The highest BCUT2D eigenvalue weighted by atomic mass is 15.1. The Bertz CT molecular complexity index is 232. The van der Waals surface area contributed by atoms with Crippen LogP contribution in [0.25, 0.3) is 0 Å². The first kappa shape index (κ1) is 12.4. The third-order valence-electron chi connectivity index (χ3n) is 3.44. The van der Waals surface area contributed by atoms with Crippen molar-refractivity contribution < 1.29 is 0 Å². The van der Waals surface area contributed by atoms with Crippen LogP contribution >= 0.6 is 0 Å². The molecule has 0 aliphatic carbocycles. The van der Waals surface area contributed by atoms with Crippen molar-refractivity contribution in [1.82, 2.24) is 4.90 Å². The van der Waals surface area contributed by atoms with Crippen molar-refractivity contribution in [1.29, 1.82) is 0 Å². The Morgan fingerprint density at radius 1 is 1.33 bits per heavy atom. The van der Waals surface area contributed by atoms with E-state index < -0.39 is 0 Å². The van der Waals surface area contributed by atoms with Crippen LogP contribution in [-0.4, -0.2) is 18.0 Å². The smallest absolute Gasteiger partial charge is 0.0175 e. The molecule has 0 saturated carbocycles. The summed E-state index contributed by atoms with van der Waals surface area (Å²) in [5.41, 5.74) is 1.90. The van der Waals surface area contributed by atoms with E-state index >= 15 is 0 Å². The lowest BCUT2D eigenvalue weighted by Gasteiger charge is -2.29. The highest BCUT2D eigenvalue weighted by molar-refractivity contribution is 5.12. The van der Waals surface area contributed by atoms with E-state index in [9.17, 15) is 0 Å². The number of nitrogens with zero attached hydrogens (tertiary/aromatic N) is 1. The first-order valence-electron chi connectivity index (χ1n) is 6.15. The fourth-order valence-corrected chi connectivity index (χ4v) is 2.03. The fourth-order valence-electron chi connectivity index (χ4n) is 2.03. The number of hydrogen-bond acceptors (Lipinski definition) is 1. The van der Waals surface area contributed by atoms with Crippen molar-refractivity contribution in [3.8, 4) is 0 Å². The van der Waals surface area contributed by atoms with Crippen LogP contribution in [0.3, 0.4) is 0 Å². The summed E-state index contributed by atoms with van der Waals surface area (Å²) in [7, 11) is 0. The van der Waals surface area contributed by atoms with Crippen molar-refractivity contribution in [3.05, 3.63) is 24.4 Å². The van der Waals surface area contributed by atoms with Crippen LogP contribution in [0.1, 0.15) is 46.5 Å². The third-order valence-corrected chi connectivity index (χ3v) is 3.44. The van der Waals surface area contributed by atoms with Gasteiger partial charge >= 0.3 is 0 Å². The summed E-state index contributed by atoms with van der Waals surface area (Å²) in [6.45, 7) is 13.3. The third kappa shape index (κ3) is 3.73. The van der Waals surface area contributed by atoms with E-state index in [0.717, 1.165) is 0 Å². The summed E-state index contributed by atoms with van der Waals surface area (Å²) in [5, 5.41) is 0. The van der Waals surface area contributed by atoms with Gasteiger partial charge in [-0.15, -0.1) is 0 Å². The molecule has 0 atom stereocenters. The molecule has 0 radical (unpaired) electrons. The van der Waals surface area contributed by atoms with Crippen molar-refractivity contribution in [2.24, 2.45) is 5.41 Å². The average Bonchev–Trinajstić information content (AvgIpc) is 2.70. The van der Waals surface area contributed by atoms with Crippen molar-refractivity contribution in [2.45, 2.75) is 46.5 Å². The average molecular weight is 207 g/mol. The predicted octanol–water partition coefficient (Wildman–Crippen LogP) is 3.98. The quantitative estimate of drug-likeness (QED) is 0.616. The van der Waals surface area contributed by atoms with E-state index in [1.54, 1.807) is 0 Å². The Kier molecular flexibility index (Phi) is 4.44. The molecule has 86 valence electrons. The van der Waals surface area contributed by atoms with Gasteiger partial charge in [0, 0.05) is 18.8 Å². The number of allylic oxidation sites excluding steroid dienone is 3. The van der Waals surface area contributed by atoms with E-state index in [1.165, 1.54) is 44.5 Å². The van der Waals surface area contributed by atoms with E-state index in [1.807, 2.05) is 6.08 Å². The lowest BCUT2D eigenvalue weighted by atomic mass is 9.84. The SMILES string of the molecule is C=C/C=C(\CC(C)(C)CC)N1CCCC1. The molecule has 0 aromatic carbocycles. The Morgan fingerprint density at radius 3 is 2.40 bits per heavy atom. The second kappa shape index (κ2) is 5.39. The van der Waals surface area contributed by atoms with Gasteiger partial charge in [-0.25, -0.2) is 0 Å². The number of rotatable bonds is 5. The Hall–Kier alpha value is -0.720. The molecule has 0 amide bonds. The number of likely N-dealkylation sites (tertiary alicyclic amines) is 1. The van der Waals surface area contributed by atoms with Gasteiger partial charge in [0.2, 0.25) is 0 Å². The van der Waals surface area contributed by atoms with Gasteiger partial charge in [0.1, 0.15) is 0 Å². The van der Waals surface area contributed by atoms with Gasteiger partial charge in [0.25, 0.3) is 0 Å². The molecule has 0 N–H and O–H groups in total. The van der Waals surface area contributed by atoms with E-state index in [2.05, 4.69) is 38.3 Å². The highest BCUT2D eigenvalue weighted by Gasteiger charge is 2.22. The van der Waals surface area contributed by atoms with Gasteiger partial charge in [-0.3, -0.25) is 0 Å². The van der Waals surface area contributed by atoms with Crippen LogP contribution in [0.5, 0.6) is 0 Å². The van der Waals surface area contributed by atoms with E-state index in [-0.39, 0.29) is 0 Å². The normalized spacial score (nSPS) is 18.3. The molecule has 15 heavy (non-hydrogen) atoms. The minimum Gasteiger partial charge on any atom is -0.375 e. The maximum atomic E-state index is 3.82. The van der Waals surface area contributed by atoms with Gasteiger partial charge in [0.05, 0.1) is 0 Å². The molecule has 1 heterocycles. The summed E-state index contributed by atoms with van der Waals surface area (Å²) in [5.74, 6) is 0. The van der Waals surface area contributed by atoms with Crippen LogP contribution in [0.15, 0.2) is 24.4 Å². The van der Waals surface area contributed by atoms with Gasteiger partial charge in [-0.2, -0.15) is 0 Å². The zero-order valence-electron chi connectivity index (χ0n) is 10.6. The highest BCUT2D eigenvalue weighted by Crippen LogP contribution is 2.31. The maximum absolute atomic E-state index is 3.82. The second-order valence-electron chi connectivity index (χ2n) is 5.28. The molecule has 0 spiro atoms. The Labute approximate surface area is 94.9 Å². The molecule has 0 aromatic heterocycles. The molecule has 0 aromatic rings. The minimum absolute atomic E-state index is 0.414. The summed E-state index contributed by atoms with van der Waals surface area (Å²) in [6.07, 6.45) is 9.23. The van der Waals surface area contributed by atoms with Gasteiger partial charge < -0.3 is 4.90 Å². The topological polar surface area (TPSA) is 3.24 Å². The number of hydrogen-bond donors (Lipinski definition) is 0. The van der Waals surface area contributed by atoms with Crippen molar-refractivity contribution >= 4 is 0 Å². The summed E-state index contributed by atoms with van der Waals surface area (Å²) >= 11 is 0. The van der Waals surface area contributed by atoms with E-state index in [0.29, 0.717) is 5.41 Å². The van der Waals surface area contributed by atoms with Gasteiger partial charge in [-0.1, -0.05) is 39.8 Å². The zero-order chi connectivity index (χ0) is 11.3. The molecule has 1 saturated heterocycles. The first-order valence-corrected chi connectivity index (χ1v) is 6.15. The molecular weight excluding hydrogens is 182 g/mol. The van der Waals surface area contributed by atoms with Gasteiger partial charge in [-0.05, 0) is 30.8 Å². The molecular formula is C14H25N. The zero-order valence-corrected chi connectivity index (χ0v) is 10.6. The van der Waals surface area contributed by atoms with Crippen molar-refractivity contribution in [3.63, 3.8) is 0 Å². The maximum Gasteiger partial charge on any atom is 0.0175 e. The predicted molar refractivity (Wildman–Crippen MR) is 67.8 cm³/mol. The Balaban J connectivity index is 2.66. The molecule has 1 rings (SSSR count). The lowest BCUT2D eigenvalue weighted by molar-refractivity contribution is 0.295. The monoisotopic (exact) mass is 207 g/mol. The minimum atomic E-state index is 0.414. The van der Waals surface area contributed by atoms with Crippen LogP contribution in [0.2, 0.25) is 0 Å². The largest absolute Gasteiger partial charge is 0.375 e. The van der Waals surface area contributed by atoms with Gasteiger partial charge in [0.15, 0.2) is 0 Å². The second-order valence-corrected chi connectivity index (χ2v) is 5.28. The van der Waals surface area contributed by atoms with Crippen LogP contribution in [0.4, 0.5) is 0 Å². The molecule has 1 fully saturated rings. The summed E-state index contributed by atoms with van der Waals surface area (Å²) in [4.78, 5) is 2.53. The van der Waals surface area contributed by atoms with E-state index in [4.69, 9.17) is 0 Å². The van der Waals surface area contributed by atoms with Crippen LogP contribution in [-0.2, 0) is 0 Å². The molecule has 1 aliphatic heterocycles. The fraction of sp³-hybridized carbons (Fsp3) is 0.714. The first-order chi connectivity index (χ1) is 7.09. The molecule has 1 heteroatoms. The standard InChI is InChI=1S/C14H25N/c1-5-9-13(12-14(3,4)6-2)15-10-7-8-11-15/h5,9H,1,6-8,10-12H2,2-4H3/b13-9+. The lowest BCUT2D eigenvalue weighted by Crippen LogP contribution is -2.23. The molecule has 1 nitrogen and oxygen atoms in total. The molecule has 0 unspecified atom stereocenters. The van der Waals surface area contributed by atoms with Crippen molar-refractivity contribution in [2.75, 3.05) is 13.1 Å². The summed E-state index contributed by atoms with van der Waals surface area (Å²) < 4.78 is 0. The van der Waals surface area contributed by atoms with Crippen LogP contribution < -0.4 is 0 Å². The molecule has 0 bridgehead atoms. The Morgan fingerprint density at radius 2 is 1.93 bits per heavy atom.